The monoisotopic (exact) mass is 460 g/mol. The van der Waals surface area contributed by atoms with Gasteiger partial charge < -0.3 is 4.74 Å². The van der Waals surface area contributed by atoms with Crippen LogP contribution in [0.5, 0.6) is 11.5 Å². The summed E-state index contributed by atoms with van der Waals surface area (Å²) in [5, 5.41) is 2.34. The maximum absolute atomic E-state index is 6.63. The number of benzene rings is 5. The molecule has 0 saturated carbocycles. The van der Waals surface area contributed by atoms with Gasteiger partial charge in [-0.25, -0.2) is 0 Å². The van der Waals surface area contributed by atoms with Crippen LogP contribution in [0.4, 0.5) is 0 Å². The van der Waals surface area contributed by atoms with Crippen molar-refractivity contribution in [2.45, 2.75) is 5.41 Å². The van der Waals surface area contributed by atoms with Crippen molar-refractivity contribution in [3.63, 3.8) is 0 Å². The molecular formula is C29H17BrO. The average Bonchev–Trinajstić information content (AvgIpc) is 3.10. The van der Waals surface area contributed by atoms with Crippen LogP contribution in [0, 0.1) is 0 Å². The lowest BCUT2D eigenvalue weighted by molar-refractivity contribution is 0.441. The molecule has 0 fully saturated rings. The Hall–Kier alpha value is -3.36. The largest absolute Gasteiger partial charge is 0.456 e. The van der Waals surface area contributed by atoms with Gasteiger partial charge in [-0.2, -0.15) is 0 Å². The molecule has 1 atom stereocenters. The van der Waals surface area contributed by atoms with Gasteiger partial charge in [-0.3, -0.25) is 0 Å². The molecule has 1 aliphatic carbocycles. The molecule has 5 aromatic rings. The molecule has 1 unspecified atom stereocenters. The summed E-state index contributed by atoms with van der Waals surface area (Å²) < 4.78 is 7.71. The third kappa shape index (κ3) is 2.11. The Balaban J connectivity index is 1.73. The minimum absolute atomic E-state index is 0.413. The molecule has 0 amide bonds. The number of para-hydroxylation sites is 1. The first-order chi connectivity index (χ1) is 15.3. The van der Waals surface area contributed by atoms with Gasteiger partial charge in [0.05, 0.1) is 5.41 Å². The van der Waals surface area contributed by atoms with Crippen LogP contribution >= 0.6 is 15.9 Å². The molecule has 1 heterocycles. The minimum atomic E-state index is -0.413. The fourth-order valence-corrected chi connectivity index (χ4v) is 5.96. The summed E-state index contributed by atoms with van der Waals surface area (Å²) in [5.41, 5.74) is 7.18. The van der Waals surface area contributed by atoms with Gasteiger partial charge in [0, 0.05) is 21.0 Å². The molecule has 0 aromatic heterocycles. The normalized spacial score (nSPS) is 17.6. The van der Waals surface area contributed by atoms with Gasteiger partial charge in [-0.1, -0.05) is 101 Å². The quantitative estimate of drug-likeness (QED) is 0.222. The molecule has 0 N–H and O–H groups in total. The van der Waals surface area contributed by atoms with Gasteiger partial charge in [-0.15, -0.1) is 0 Å². The lowest BCUT2D eigenvalue weighted by Gasteiger charge is -2.39. The van der Waals surface area contributed by atoms with Gasteiger partial charge in [0.15, 0.2) is 0 Å². The van der Waals surface area contributed by atoms with Crippen molar-refractivity contribution in [2.75, 3.05) is 0 Å². The van der Waals surface area contributed by atoms with Crippen LogP contribution in [0.1, 0.15) is 22.3 Å². The number of fused-ring (bicyclic) bond motifs is 11. The lowest BCUT2D eigenvalue weighted by atomic mass is 9.66. The van der Waals surface area contributed by atoms with E-state index in [1.165, 1.54) is 38.8 Å². The van der Waals surface area contributed by atoms with Crippen LogP contribution < -0.4 is 4.74 Å². The Morgan fingerprint density at radius 3 is 2.26 bits per heavy atom. The molecule has 0 radical (unpaired) electrons. The standard InChI is InChI=1S/C29H17BrO/c30-19-14-15-22-21-9-3-4-10-23(21)29(26(22)17-19)24-11-5-6-12-27(24)31-28-20-8-2-1-7-18(20)13-16-25(28)29/h1-17H. The van der Waals surface area contributed by atoms with Crippen molar-refractivity contribution in [2.24, 2.45) is 0 Å². The van der Waals surface area contributed by atoms with E-state index in [1.807, 2.05) is 0 Å². The second-order valence-electron chi connectivity index (χ2n) is 8.25. The van der Waals surface area contributed by atoms with Crippen LogP contribution in [-0.2, 0) is 5.41 Å². The maximum Gasteiger partial charge on any atom is 0.140 e. The molecule has 1 nitrogen and oxygen atoms in total. The second-order valence-corrected chi connectivity index (χ2v) is 9.16. The first kappa shape index (κ1) is 17.3. The Morgan fingerprint density at radius 2 is 1.32 bits per heavy atom. The van der Waals surface area contributed by atoms with Crippen LogP contribution in [-0.4, -0.2) is 0 Å². The maximum atomic E-state index is 6.63. The van der Waals surface area contributed by atoms with E-state index in [0.717, 1.165) is 21.4 Å². The molecule has 31 heavy (non-hydrogen) atoms. The molecule has 0 bridgehead atoms. The predicted molar refractivity (Wildman–Crippen MR) is 129 cm³/mol. The van der Waals surface area contributed by atoms with Crippen LogP contribution in [0.3, 0.4) is 0 Å². The van der Waals surface area contributed by atoms with E-state index in [4.69, 9.17) is 4.74 Å². The summed E-state index contributed by atoms with van der Waals surface area (Å²) in [6.45, 7) is 0. The lowest BCUT2D eigenvalue weighted by Crippen LogP contribution is -2.32. The fourth-order valence-electron chi connectivity index (χ4n) is 5.60. The first-order valence-electron chi connectivity index (χ1n) is 10.5. The van der Waals surface area contributed by atoms with Gasteiger partial charge in [0.25, 0.3) is 0 Å². The number of hydrogen-bond donors (Lipinski definition) is 0. The minimum Gasteiger partial charge on any atom is -0.456 e. The number of ether oxygens (including phenoxy) is 1. The fraction of sp³-hybridized carbons (Fsp3) is 0.0345. The molecule has 1 spiro atoms. The topological polar surface area (TPSA) is 9.23 Å². The van der Waals surface area contributed by atoms with Crippen LogP contribution in [0.25, 0.3) is 21.9 Å². The average molecular weight is 461 g/mol. The Morgan fingerprint density at radius 1 is 0.581 bits per heavy atom. The molecular weight excluding hydrogens is 444 g/mol. The van der Waals surface area contributed by atoms with Gasteiger partial charge in [-0.05, 0) is 45.8 Å². The number of rotatable bonds is 0. The highest BCUT2D eigenvalue weighted by Crippen LogP contribution is 2.63. The molecule has 5 aromatic carbocycles. The van der Waals surface area contributed by atoms with Crippen molar-refractivity contribution in [1.82, 2.24) is 0 Å². The highest BCUT2D eigenvalue weighted by Gasteiger charge is 2.51. The summed E-state index contributed by atoms with van der Waals surface area (Å²) in [7, 11) is 0. The third-order valence-electron chi connectivity index (χ3n) is 6.79. The van der Waals surface area contributed by atoms with E-state index in [0.29, 0.717) is 0 Å². The van der Waals surface area contributed by atoms with E-state index in [9.17, 15) is 0 Å². The molecule has 146 valence electrons. The molecule has 2 aliphatic rings. The summed E-state index contributed by atoms with van der Waals surface area (Å²) in [6, 6.07) is 37.0. The summed E-state index contributed by atoms with van der Waals surface area (Å²) in [5.74, 6) is 1.88. The highest BCUT2D eigenvalue weighted by atomic mass is 79.9. The molecule has 1 aliphatic heterocycles. The van der Waals surface area contributed by atoms with Crippen molar-refractivity contribution in [1.29, 1.82) is 0 Å². The van der Waals surface area contributed by atoms with E-state index in [1.54, 1.807) is 0 Å². The zero-order chi connectivity index (χ0) is 20.6. The Kier molecular flexibility index (Phi) is 3.40. The molecule has 2 heteroatoms. The third-order valence-corrected chi connectivity index (χ3v) is 7.29. The zero-order valence-electron chi connectivity index (χ0n) is 16.6. The predicted octanol–water partition coefficient (Wildman–Crippen LogP) is 8.07. The molecule has 7 rings (SSSR count). The van der Waals surface area contributed by atoms with Crippen molar-refractivity contribution in [3.05, 3.63) is 130 Å². The summed E-state index contributed by atoms with van der Waals surface area (Å²) in [6.07, 6.45) is 0. The second kappa shape index (κ2) is 6.09. The smallest absolute Gasteiger partial charge is 0.140 e. The van der Waals surface area contributed by atoms with Crippen LogP contribution in [0.2, 0.25) is 0 Å². The van der Waals surface area contributed by atoms with Crippen molar-refractivity contribution in [3.8, 4) is 22.6 Å². The van der Waals surface area contributed by atoms with E-state index in [2.05, 4.69) is 119 Å². The van der Waals surface area contributed by atoms with Gasteiger partial charge in [0.1, 0.15) is 11.5 Å². The van der Waals surface area contributed by atoms with Crippen molar-refractivity contribution >= 4 is 26.7 Å². The zero-order valence-corrected chi connectivity index (χ0v) is 18.2. The van der Waals surface area contributed by atoms with Gasteiger partial charge >= 0.3 is 0 Å². The number of halogens is 1. The van der Waals surface area contributed by atoms with Crippen molar-refractivity contribution < 1.29 is 4.74 Å². The van der Waals surface area contributed by atoms with E-state index < -0.39 is 5.41 Å². The SMILES string of the molecule is Brc1ccc2c(c1)C1(c3ccccc3Oc3c1ccc1ccccc31)c1ccccc1-2. The van der Waals surface area contributed by atoms with E-state index in [-0.39, 0.29) is 0 Å². The summed E-state index contributed by atoms with van der Waals surface area (Å²) in [4.78, 5) is 0. The Labute approximate surface area is 189 Å². The van der Waals surface area contributed by atoms with Gasteiger partial charge in [0.2, 0.25) is 0 Å². The molecule has 0 saturated heterocycles. The highest BCUT2D eigenvalue weighted by molar-refractivity contribution is 9.10. The van der Waals surface area contributed by atoms with Crippen LogP contribution in [0.15, 0.2) is 108 Å². The first-order valence-corrected chi connectivity index (χ1v) is 11.3. The Bertz CT molecular complexity index is 1530. The van der Waals surface area contributed by atoms with E-state index >= 15 is 0 Å². The summed E-state index contributed by atoms with van der Waals surface area (Å²) >= 11 is 3.75. The number of hydrogen-bond acceptors (Lipinski definition) is 1.